The quantitative estimate of drug-likeness (QED) is 0.460. The first-order valence-corrected chi connectivity index (χ1v) is 6.75. The second-order valence-electron chi connectivity index (χ2n) is 4.68. The minimum atomic E-state index is -0.568. The Kier molecular flexibility index (Phi) is 6.41. The lowest BCUT2D eigenvalue weighted by Crippen LogP contribution is -2.24. The molecule has 0 fully saturated rings. The highest BCUT2D eigenvalue weighted by atomic mass is 35.5. The molecule has 0 aliphatic carbocycles. The van der Waals surface area contributed by atoms with E-state index in [2.05, 4.69) is 10.6 Å². The van der Waals surface area contributed by atoms with Crippen LogP contribution in [0.1, 0.15) is 26.7 Å². The number of carbonyl (C=O) groups is 1. The van der Waals surface area contributed by atoms with Crippen LogP contribution in [0.25, 0.3) is 0 Å². The molecule has 1 rings (SSSR count). The summed E-state index contributed by atoms with van der Waals surface area (Å²) in [5.74, 6) is -0.249. The number of nitro groups is 1. The van der Waals surface area contributed by atoms with Crippen molar-refractivity contribution in [3.63, 3.8) is 0 Å². The molecule has 6 nitrogen and oxygen atoms in total. The third kappa shape index (κ3) is 5.54. The van der Waals surface area contributed by atoms with Gasteiger partial charge in [-0.3, -0.25) is 14.9 Å². The molecule has 0 aliphatic heterocycles. The molecule has 0 aliphatic rings. The summed E-state index contributed by atoms with van der Waals surface area (Å²) >= 11 is 5.70. The van der Waals surface area contributed by atoms with E-state index in [-0.39, 0.29) is 22.3 Å². The zero-order valence-electron chi connectivity index (χ0n) is 11.5. The van der Waals surface area contributed by atoms with Gasteiger partial charge in [0, 0.05) is 23.6 Å². The first-order valence-electron chi connectivity index (χ1n) is 6.37. The van der Waals surface area contributed by atoms with Crippen LogP contribution < -0.4 is 10.6 Å². The molecule has 0 unspecified atom stereocenters. The van der Waals surface area contributed by atoms with Crippen molar-refractivity contribution in [2.24, 2.45) is 0 Å². The number of carbonyl (C=O) groups excluding carboxylic acids is 1. The minimum absolute atomic E-state index is 0.168. The van der Waals surface area contributed by atoms with E-state index in [1.807, 2.05) is 13.8 Å². The summed E-state index contributed by atoms with van der Waals surface area (Å²) < 4.78 is 0. The van der Waals surface area contributed by atoms with Gasteiger partial charge in [0.05, 0.1) is 4.92 Å². The number of anilines is 1. The fraction of sp³-hybridized carbons (Fsp3) is 0.462. The predicted molar refractivity (Wildman–Crippen MR) is 79.1 cm³/mol. The number of nitrogens with one attached hydrogen (secondary N) is 2. The maximum atomic E-state index is 11.7. The van der Waals surface area contributed by atoms with E-state index in [0.29, 0.717) is 18.9 Å². The number of nitro benzene ring substituents is 1. The number of halogens is 1. The van der Waals surface area contributed by atoms with Crippen molar-refractivity contribution < 1.29 is 9.72 Å². The average molecular weight is 300 g/mol. The van der Waals surface area contributed by atoms with Crippen molar-refractivity contribution in [2.45, 2.75) is 32.7 Å². The van der Waals surface area contributed by atoms with E-state index in [0.717, 1.165) is 6.54 Å². The Balaban J connectivity index is 2.55. The molecule has 0 bridgehead atoms. The number of hydrogen-bond acceptors (Lipinski definition) is 4. The number of rotatable bonds is 7. The molecule has 1 aromatic rings. The second kappa shape index (κ2) is 7.81. The van der Waals surface area contributed by atoms with Crippen molar-refractivity contribution in [3.8, 4) is 0 Å². The highest BCUT2D eigenvalue weighted by molar-refractivity contribution is 6.31. The third-order valence-corrected chi connectivity index (χ3v) is 2.80. The highest BCUT2D eigenvalue weighted by Crippen LogP contribution is 2.27. The second-order valence-corrected chi connectivity index (χ2v) is 5.12. The van der Waals surface area contributed by atoms with Gasteiger partial charge in [0.2, 0.25) is 5.91 Å². The van der Waals surface area contributed by atoms with Crippen LogP contribution in [0.15, 0.2) is 18.2 Å². The van der Waals surface area contributed by atoms with Gasteiger partial charge < -0.3 is 10.6 Å². The number of hydrogen-bond donors (Lipinski definition) is 2. The van der Waals surface area contributed by atoms with Gasteiger partial charge in [-0.25, -0.2) is 0 Å². The van der Waals surface area contributed by atoms with Gasteiger partial charge >= 0.3 is 0 Å². The Bertz CT molecular complexity index is 492. The maximum absolute atomic E-state index is 11.7. The first-order chi connectivity index (χ1) is 9.40. The molecule has 7 heteroatoms. The maximum Gasteiger partial charge on any atom is 0.294 e. The lowest BCUT2D eigenvalue weighted by Gasteiger charge is -2.08. The minimum Gasteiger partial charge on any atom is -0.320 e. The van der Waals surface area contributed by atoms with Gasteiger partial charge in [0.25, 0.3) is 5.69 Å². The lowest BCUT2D eigenvalue weighted by molar-refractivity contribution is -0.383. The third-order valence-electron chi connectivity index (χ3n) is 2.56. The van der Waals surface area contributed by atoms with Gasteiger partial charge in [0.1, 0.15) is 5.69 Å². The highest BCUT2D eigenvalue weighted by Gasteiger charge is 2.16. The fourth-order valence-corrected chi connectivity index (χ4v) is 1.78. The van der Waals surface area contributed by atoms with Crippen LogP contribution >= 0.6 is 11.6 Å². The van der Waals surface area contributed by atoms with E-state index in [1.54, 1.807) is 0 Å². The SMILES string of the molecule is CC(C)NCCCC(=O)Nc1ccc(Cl)cc1[N+](=O)[O-]. The van der Waals surface area contributed by atoms with E-state index >= 15 is 0 Å². The molecule has 0 heterocycles. The predicted octanol–water partition coefficient (Wildman–Crippen LogP) is 2.96. The van der Waals surface area contributed by atoms with E-state index < -0.39 is 4.92 Å². The molecule has 0 aromatic heterocycles. The summed E-state index contributed by atoms with van der Waals surface area (Å²) in [5.41, 5.74) is -0.0348. The summed E-state index contributed by atoms with van der Waals surface area (Å²) in [4.78, 5) is 22.0. The summed E-state index contributed by atoms with van der Waals surface area (Å²) in [7, 11) is 0. The van der Waals surface area contributed by atoms with Crippen molar-refractivity contribution in [1.29, 1.82) is 0 Å². The van der Waals surface area contributed by atoms with E-state index in [9.17, 15) is 14.9 Å². The van der Waals surface area contributed by atoms with E-state index in [1.165, 1.54) is 18.2 Å². The standard InChI is InChI=1S/C13H18ClN3O3/c1-9(2)15-7-3-4-13(18)16-11-6-5-10(14)8-12(11)17(19)20/h5-6,8-9,15H,3-4,7H2,1-2H3,(H,16,18). The molecule has 20 heavy (non-hydrogen) atoms. The van der Waals surface area contributed by atoms with Gasteiger partial charge in [0.15, 0.2) is 0 Å². The smallest absolute Gasteiger partial charge is 0.294 e. The molecule has 0 saturated heterocycles. The molecule has 1 aromatic carbocycles. The molecular weight excluding hydrogens is 282 g/mol. The van der Waals surface area contributed by atoms with Gasteiger partial charge in [-0.15, -0.1) is 0 Å². The number of benzene rings is 1. The van der Waals surface area contributed by atoms with Crippen LogP contribution in [-0.4, -0.2) is 23.4 Å². The van der Waals surface area contributed by atoms with Gasteiger partial charge in [-0.2, -0.15) is 0 Å². The Labute approximate surface area is 122 Å². The van der Waals surface area contributed by atoms with Crippen LogP contribution in [0.5, 0.6) is 0 Å². The van der Waals surface area contributed by atoms with E-state index in [4.69, 9.17) is 11.6 Å². The molecule has 0 radical (unpaired) electrons. The lowest BCUT2D eigenvalue weighted by atomic mass is 10.2. The van der Waals surface area contributed by atoms with Crippen LogP contribution in [0.3, 0.4) is 0 Å². The van der Waals surface area contributed by atoms with Crippen LogP contribution in [0, 0.1) is 10.1 Å². The van der Waals surface area contributed by atoms with Crippen molar-refractivity contribution in [3.05, 3.63) is 33.3 Å². The monoisotopic (exact) mass is 299 g/mol. The molecule has 0 atom stereocenters. The molecule has 1 amide bonds. The normalized spacial score (nSPS) is 10.6. The molecule has 2 N–H and O–H groups in total. The van der Waals surface area contributed by atoms with Crippen molar-refractivity contribution in [2.75, 3.05) is 11.9 Å². The molecule has 110 valence electrons. The van der Waals surface area contributed by atoms with Crippen molar-refractivity contribution in [1.82, 2.24) is 5.32 Å². The van der Waals surface area contributed by atoms with Crippen LogP contribution in [0.4, 0.5) is 11.4 Å². The Morgan fingerprint density at radius 3 is 2.75 bits per heavy atom. The number of amides is 1. The number of nitrogens with zero attached hydrogens (tertiary/aromatic N) is 1. The topological polar surface area (TPSA) is 84.3 Å². The van der Waals surface area contributed by atoms with Gasteiger partial charge in [-0.1, -0.05) is 25.4 Å². The van der Waals surface area contributed by atoms with Gasteiger partial charge in [-0.05, 0) is 25.1 Å². The first kappa shape index (κ1) is 16.4. The Morgan fingerprint density at radius 2 is 2.15 bits per heavy atom. The van der Waals surface area contributed by atoms with Crippen molar-refractivity contribution >= 4 is 28.9 Å². The zero-order valence-corrected chi connectivity index (χ0v) is 12.2. The Morgan fingerprint density at radius 1 is 1.45 bits per heavy atom. The fourth-order valence-electron chi connectivity index (χ4n) is 1.61. The van der Waals surface area contributed by atoms with Crippen LogP contribution in [-0.2, 0) is 4.79 Å². The summed E-state index contributed by atoms with van der Waals surface area (Å²) in [6.45, 7) is 4.78. The zero-order chi connectivity index (χ0) is 15.1. The summed E-state index contributed by atoms with van der Waals surface area (Å²) in [5, 5.41) is 16.9. The summed E-state index contributed by atoms with van der Waals surface area (Å²) in [6.07, 6.45) is 0.977. The molecule has 0 saturated carbocycles. The molecule has 0 spiro atoms. The summed E-state index contributed by atoms with van der Waals surface area (Å²) in [6, 6.07) is 4.53. The largest absolute Gasteiger partial charge is 0.320 e. The van der Waals surface area contributed by atoms with Crippen LogP contribution in [0.2, 0.25) is 5.02 Å². The average Bonchev–Trinajstić information content (AvgIpc) is 2.36. The molecular formula is C13H18ClN3O3. The Hall–Kier alpha value is -1.66.